The third kappa shape index (κ3) is 4.04. The van der Waals surface area contributed by atoms with Crippen LogP contribution in [-0.4, -0.2) is 25.2 Å². The molecule has 0 amide bonds. The second-order valence-electron chi connectivity index (χ2n) is 3.62. The van der Waals surface area contributed by atoms with Gasteiger partial charge in [-0.15, -0.1) is 0 Å². The number of carbonyl (C=O) groups is 2. The first-order chi connectivity index (χ1) is 7.45. The van der Waals surface area contributed by atoms with Crippen molar-refractivity contribution < 1.29 is 19.1 Å². The van der Waals surface area contributed by atoms with Crippen molar-refractivity contribution in [3.05, 3.63) is 12.2 Å². The van der Waals surface area contributed by atoms with Crippen LogP contribution in [0, 0.1) is 11.8 Å². The normalized spacial score (nSPS) is 12.1. The molecule has 0 rings (SSSR count). The highest BCUT2D eigenvalue weighted by atomic mass is 16.6. The molecule has 16 heavy (non-hydrogen) atoms. The fourth-order valence-electron chi connectivity index (χ4n) is 1.25. The van der Waals surface area contributed by atoms with Gasteiger partial charge in [0.05, 0.1) is 13.2 Å². The summed E-state index contributed by atoms with van der Waals surface area (Å²) in [5, 5.41) is 0. The van der Waals surface area contributed by atoms with E-state index in [9.17, 15) is 9.59 Å². The Morgan fingerprint density at radius 1 is 1.12 bits per heavy atom. The van der Waals surface area contributed by atoms with E-state index in [1.807, 2.05) is 0 Å². The maximum absolute atomic E-state index is 11.6. The Bertz CT molecular complexity index is 252. The first-order valence-corrected chi connectivity index (χ1v) is 5.44. The second kappa shape index (κ2) is 7.04. The molecular formula is C12H20O4. The molecule has 0 aromatic carbocycles. The first kappa shape index (κ1) is 14.7. The number of allylic oxidation sites excluding steroid dienone is 1. The van der Waals surface area contributed by atoms with Crippen LogP contribution in [0.4, 0.5) is 0 Å². The molecule has 92 valence electrons. The minimum Gasteiger partial charge on any atom is -0.465 e. The molecule has 1 atom stereocenters. The van der Waals surface area contributed by atoms with Gasteiger partial charge in [0.1, 0.15) is 0 Å². The van der Waals surface area contributed by atoms with Gasteiger partial charge in [0, 0.05) is 5.92 Å². The zero-order chi connectivity index (χ0) is 12.7. The van der Waals surface area contributed by atoms with Crippen LogP contribution in [-0.2, 0) is 19.1 Å². The molecule has 0 fully saturated rings. The van der Waals surface area contributed by atoms with Crippen molar-refractivity contribution in [2.75, 3.05) is 13.2 Å². The van der Waals surface area contributed by atoms with Gasteiger partial charge < -0.3 is 9.47 Å². The van der Waals surface area contributed by atoms with Crippen LogP contribution in [0.2, 0.25) is 0 Å². The predicted octanol–water partition coefficient (Wildman–Crippen LogP) is 1.94. The van der Waals surface area contributed by atoms with Gasteiger partial charge in [-0.05, 0) is 20.8 Å². The summed E-state index contributed by atoms with van der Waals surface area (Å²) in [5.74, 6) is -2.27. The Balaban J connectivity index is 4.82. The van der Waals surface area contributed by atoms with Crippen molar-refractivity contribution in [3.63, 3.8) is 0 Å². The number of hydrogen-bond donors (Lipinski definition) is 0. The predicted molar refractivity (Wildman–Crippen MR) is 60.7 cm³/mol. The topological polar surface area (TPSA) is 52.6 Å². The number of carbonyl (C=O) groups excluding carboxylic acids is 2. The van der Waals surface area contributed by atoms with E-state index in [1.165, 1.54) is 0 Å². The maximum atomic E-state index is 11.6. The van der Waals surface area contributed by atoms with Crippen LogP contribution in [0.3, 0.4) is 0 Å². The summed E-state index contributed by atoms with van der Waals surface area (Å²) in [7, 11) is 0. The fraction of sp³-hybridized carbons (Fsp3) is 0.667. The lowest BCUT2D eigenvalue weighted by molar-refractivity contribution is -0.163. The average molecular weight is 228 g/mol. The molecule has 0 spiro atoms. The molecule has 0 saturated heterocycles. The highest BCUT2D eigenvalue weighted by Crippen LogP contribution is 2.21. The highest BCUT2D eigenvalue weighted by molar-refractivity contribution is 5.95. The van der Waals surface area contributed by atoms with Gasteiger partial charge in [-0.2, -0.15) is 0 Å². The summed E-state index contributed by atoms with van der Waals surface area (Å²) in [6.07, 6.45) is 0. The van der Waals surface area contributed by atoms with Gasteiger partial charge in [-0.3, -0.25) is 9.59 Å². The van der Waals surface area contributed by atoms with Crippen LogP contribution < -0.4 is 0 Å². The summed E-state index contributed by atoms with van der Waals surface area (Å²) in [4.78, 5) is 23.3. The molecule has 0 heterocycles. The Morgan fingerprint density at radius 3 is 1.75 bits per heavy atom. The van der Waals surface area contributed by atoms with E-state index in [0.717, 1.165) is 5.57 Å². The first-order valence-electron chi connectivity index (χ1n) is 5.44. The largest absolute Gasteiger partial charge is 0.465 e. The lowest BCUT2D eigenvalue weighted by Crippen LogP contribution is -2.33. The van der Waals surface area contributed by atoms with E-state index in [4.69, 9.17) is 9.47 Å². The summed E-state index contributed by atoms with van der Waals surface area (Å²) in [6, 6.07) is 0. The van der Waals surface area contributed by atoms with Crippen LogP contribution in [0.15, 0.2) is 12.2 Å². The standard InChI is InChI=1S/C12H20O4/c1-6-15-11(13)10(9(5)8(3)4)12(14)16-7-2/h9-10H,3,6-7H2,1-2,4-5H3. The van der Waals surface area contributed by atoms with Gasteiger partial charge in [0.15, 0.2) is 5.92 Å². The molecule has 0 aliphatic heterocycles. The molecule has 0 aliphatic rings. The molecule has 0 radical (unpaired) electrons. The highest BCUT2D eigenvalue weighted by Gasteiger charge is 2.35. The van der Waals surface area contributed by atoms with Crippen molar-refractivity contribution in [1.29, 1.82) is 0 Å². The molecule has 0 saturated carbocycles. The molecule has 0 aromatic heterocycles. The lowest BCUT2D eigenvalue weighted by Gasteiger charge is -2.20. The Kier molecular flexibility index (Phi) is 6.46. The smallest absolute Gasteiger partial charge is 0.320 e. The van der Waals surface area contributed by atoms with Gasteiger partial charge in [0.25, 0.3) is 0 Å². The van der Waals surface area contributed by atoms with Crippen molar-refractivity contribution in [2.24, 2.45) is 11.8 Å². The van der Waals surface area contributed by atoms with Crippen LogP contribution >= 0.6 is 0 Å². The van der Waals surface area contributed by atoms with E-state index in [0.29, 0.717) is 0 Å². The monoisotopic (exact) mass is 228 g/mol. The molecule has 0 N–H and O–H groups in total. The van der Waals surface area contributed by atoms with E-state index >= 15 is 0 Å². The van der Waals surface area contributed by atoms with Gasteiger partial charge in [-0.1, -0.05) is 19.1 Å². The second-order valence-corrected chi connectivity index (χ2v) is 3.62. The third-order valence-corrected chi connectivity index (χ3v) is 2.36. The molecule has 0 aromatic rings. The van der Waals surface area contributed by atoms with Gasteiger partial charge in [0.2, 0.25) is 0 Å². The van der Waals surface area contributed by atoms with Gasteiger partial charge in [-0.25, -0.2) is 0 Å². The van der Waals surface area contributed by atoms with E-state index < -0.39 is 17.9 Å². The Labute approximate surface area is 96.6 Å². The number of esters is 2. The van der Waals surface area contributed by atoms with Crippen molar-refractivity contribution in [3.8, 4) is 0 Å². The average Bonchev–Trinajstić information content (AvgIpc) is 2.18. The summed E-state index contributed by atoms with van der Waals surface area (Å²) < 4.78 is 9.72. The van der Waals surface area contributed by atoms with Crippen LogP contribution in [0.1, 0.15) is 27.7 Å². The number of rotatable bonds is 6. The molecule has 4 nitrogen and oxygen atoms in total. The van der Waals surface area contributed by atoms with E-state index in [-0.39, 0.29) is 19.1 Å². The van der Waals surface area contributed by atoms with Crippen molar-refractivity contribution >= 4 is 11.9 Å². The van der Waals surface area contributed by atoms with Gasteiger partial charge >= 0.3 is 11.9 Å². The zero-order valence-corrected chi connectivity index (χ0v) is 10.4. The molecular weight excluding hydrogens is 208 g/mol. The maximum Gasteiger partial charge on any atom is 0.320 e. The van der Waals surface area contributed by atoms with E-state index in [2.05, 4.69) is 6.58 Å². The van der Waals surface area contributed by atoms with Crippen LogP contribution in [0.5, 0.6) is 0 Å². The third-order valence-electron chi connectivity index (χ3n) is 2.36. The minimum absolute atomic E-state index is 0.248. The minimum atomic E-state index is -0.905. The van der Waals surface area contributed by atoms with Crippen molar-refractivity contribution in [1.82, 2.24) is 0 Å². The molecule has 0 aliphatic carbocycles. The lowest BCUT2D eigenvalue weighted by atomic mass is 9.89. The summed E-state index contributed by atoms with van der Waals surface area (Å²) >= 11 is 0. The summed E-state index contributed by atoms with van der Waals surface area (Å²) in [5.41, 5.74) is 0.756. The van der Waals surface area contributed by atoms with Crippen molar-refractivity contribution in [2.45, 2.75) is 27.7 Å². The molecule has 0 bridgehead atoms. The Hall–Kier alpha value is -1.32. The zero-order valence-electron chi connectivity index (χ0n) is 10.4. The van der Waals surface area contributed by atoms with Crippen LogP contribution in [0.25, 0.3) is 0 Å². The summed E-state index contributed by atoms with van der Waals surface area (Å²) in [6.45, 7) is 11.2. The molecule has 4 heteroatoms. The fourth-order valence-corrected chi connectivity index (χ4v) is 1.25. The quantitative estimate of drug-likeness (QED) is 0.396. The number of ether oxygens (including phenoxy) is 2. The number of hydrogen-bond acceptors (Lipinski definition) is 4. The van der Waals surface area contributed by atoms with E-state index in [1.54, 1.807) is 27.7 Å². The molecule has 1 unspecified atom stereocenters. The Morgan fingerprint density at radius 2 is 1.50 bits per heavy atom. The SMILES string of the molecule is C=C(C)C(C)C(C(=O)OCC)C(=O)OCC.